The van der Waals surface area contributed by atoms with Gasteiger partial charge in [-0.25, -0.2) is 0 Å². The van der Waals surface area contributed by atoms with E-state index in [1.807, 2.05) is 12.1 Å². The van der Waals surface area contributed by atoms with Crippen molar-refractivity contribution < 1.29 is 14.0 Å². The smallest absolute Gasteiger partial charge is 0.224 e. The topological polar surface area (TPSA) is 74.6 Å². The Morgan fingerprint density at radius 1 is 1.03 bits per heavy atom. The van der Waals surface area contributed by atoms with E-state index in [2.05, 4.69) is 27.7 Å². The summed E-state index contributed by atoms with van der Waals surface area (Å²) < 4.78 is 5.34. The second-order valence-electron chi connectivity index (χ2n) is 9.57. The summed E-state index contributed by atoms with van der Waals surface area (Å²) in [7, 11) is 0. The first-order valence-electron chi connectivity index (χ1n) is 11.7. The Balaban J connectivity index is 1.17. The normalized spacial score (nSPS) is 30.8. The zero-order valence-electron chi connectivity index (χ0n) is 17.6. The molecule has 30 heavy (non-hydrogen) atoms. The fourth-order valence-electron chi connectivity index (χ4n) is 6.21. The lowest BCUT2D eigenvalue weighted by Gasteiger charge is -2.26. The molecular formula is C24H33N3O3. The van der Waals surface area contributed by atoms with Crippen LogP contribution in [0.25, 0.3) is 0 Å². The first-order chi connectivity index (χ1) is 14.7. The zero-order valence-corrected chi connectivity index (χ0v) is 17.6. The van der Waals surface area contributed by atoms with Gasteiger partial charge in [0.1, 0.15) is 5.76 Å². The molecule has 1 aromatic heterocycles. The van der Waals surface area contributed by atoms with Gasteiger partial charge in [0.25, 0.3) is 0 Å². The van der Waals surface area contributed by atoms with E-state index in [0.29, 0.717) is 13.1 Å². The third-order valence-electron chi connectivity index (χ3n) is 7.86. The van der Waals surface area contributed by atoms with Crippen molar-refractivity contribution in [2.75, 3.05) is 26.2 Å². The van der Waals surface area contributed by atoms with Gasteiger partial charge in [0.2, 0.25) is 11.8 Å². The summed E-state index contributed by atoms with van der Waals surface area (Å²) in [6.07, 6.45) is 13.1. The molecule has 2 heterocycles. The van der Waals surface area contributed by atoms with Gasteiger partial charge >= 0.3 is 0 Å². The number of unbranched alkanes of at least 4 members (excludes halogenated alkanes) is 1. The lowest BCUT2D eigenvalue weighted by molar-refractivity contribution is -0.135. The van der Waals surface area contributed by atoms with Gasteiger partial charge in [-0.15, -0.1) is 0 Å². The van der Waals surface area contributed by atoms with Crippen molar-refractivity contribution >= 4 is 11.8 Å². The summed E-state index contributed by atoms with van der Waals surface area (Å²) in [5.74, 6) is 0.708. The van der Waals surface area contributed by atoms with Crippen LogP contribution in [0.15, 0.2) is 35.0 Å². The molecule has 162 valence electrons. The number of furan rings is 1. The number of hydrogen-bond donors (Lipinski definition) is 2. The van der Waals surface area contributed by atoms with Crippen molar-refractivity contribution in [3.8, 4) is 0 Å². The number of carbonyl (C=O) groups is 2. The molecule has 3 fully saturated rings. The maximum Gasteiger partial charge on any atom is 0.224 e. The number of carbonyl (C=O) groups excluding carboxylic acids is 2. The first kappa shape index (κ1) is 19.9. The van der Waals surface area contributed by atoms with Gasteiger partial charge in [-0.3, -0.25) is 9.59 Å². The lowest BCUT2D eigenvalue weighted by Crippen LogP contribution is -2.44. The summed E-state index contributed by atoms with van der Waals surface area (Å²) in [4.78, 5) is 28.8. The zero-order chi connectivity index (χ0) is 20.6. The second kappa shape index (κ2) is 8.22. The molecule has 1 aliphatic heterocycles. The molecule has 6 heteroatoms. The summed E-state index contributed by atoms with van der Waals surface area (Å²) >= 11 is 0. The molecule has 1 aromatic rings. The van der Waals surface area contributed by atoms with E-state index in [0.717, 1.165) is 38.0 Å². The van der Waals surface area contributed by atoms with E-state index in [1.54, 1.807) is 6.26 Å². The van der Waals surface area contributed by atoms with Crippen LogP contribution in [0.2, 0.25) is 0 Å². The molecule has 0 aromatic carbocycles. The molecule has 0 unspecified atom stereocenters. The molecule has 5 rings (SSSR count). The monoisotopic (exact) mass is 411 g/mol. The molecule has 2 bridgehead atoms. The predicted molar refractivity (Wildman–Crippen MR) is 113 cm³/mol. The van der Waals surface area contributed by atoms with Gasteiger partial charge in [0, 0.05) is 6.54 Å². The summed E-state index contributed by atoms with van der Waals surface area (Å²) in [6.45, 7) is 4.66. The van der Waals surface area contributed by atoms with Crippen molar-refractivity contribution in [1.82, 2.24) is 15.5 Å². The molecule has 6 nitrogen and oxygen atoms in total. The Morgan fingerprint density at radius 3 is 2.37 bits per heavy atom. The highest BCUT2D eigenvalue weighted by atomic mass is 16.3. The third kappa shape index (κ3) is 3.59. The van der Waals surface area contributed by atoms with E-state index in [9.17, 15) is 9.59 Å². The summed E-state index contributed by atoms with van der Waals surface area (Å²) in [5.41, 5.74) is 0.171. The van der Waals surface area contributed by atoms with Crippen molar-refractivity contribution in [3.63, 3.8) is 0 Å². The van der Waals surface area contributed by atoms with E-state index < -0.39 is 0 Å². The van der Waals surface area contributed by atoms with Crippen LogP contribution in [0.5, 0.6) is 0 Å². The van der Waals surface area contributed by atoms with Crippen LogP contribution >= 0.6 is 0 Å². The summed E-state index contributed by atoms with van der Waals surface area (Å²) in [6, 6.07) is 3.68. The van der Waals surface area contributed by atoms with Crippen molar-refractivity contribution in [1.29, 1.82) is 0 Å². The van der Waals surface area contributed by atoms with Gasteiger partial charge in [0.05, 0.1) is 24.6 Å². The Bertz CT molecular complexity index is 793. The molecule has 2 N–H and O–H groups in total. The highest BCUT2D eigenvalue weighted by molar-refractivity contribution is 5.90. The van der Waals surface area contributed by atoms with Crippen LogP contribution in [0.3, 0.4) is 0 Å². The van der Waals surface area contributed by atoms with E-state index in [1.165, 1.54) is 25.9 Å². The molecule has 2 saturated carbocycles. The second-order valence-corrected chi connectivity index (χ2v) is 9.57. The van der Waals surface area contributed by atoms with Crippen molar-refractivity contribution in [3.05, 3.63) is 36.3 Å². The molecule has 2 amide bonds. The number of nitrogens with one attached hydrogen (secondary N) is 2. The van der Waals surface area contributed by atoms with Crippen molar-refractivity contribution in [2.45, 2.75) is 45.1 Å². The minimum atomic E-state index is -0.262. The van der Waals surface area contributed by atoms with Gasteiger partial charge in [0.15, 0.2) is 0 Å². The van der Waals surface area contributed by atoms with E-state index in [-0.39, 0.29) is 40.9 Å². The largest absolute Gasteiger partial charge is 0.467 e. The quantitative estimate of drug-likeness (QED) is 0.484. The molecule has 0 radical (unpaired) electrons. The highest BCUT2D eigenvalue weighted by Crippen LogP contribution is 2.72. The summed E-state index contributed by atoms with van der Waals surface area (Å²) in [5, 5.41) is 6.18. The Kier molecular flexibility index (Phi) is 5.44. The Labute approximate surface area is 178 Å². The average molecular weight is 412 g/mol. The van der Waals surface area contributed by atoms with Crippen LogP contribution < -0.4 is 10.6 Å². The number of hydrogen-bond acceptors (Lipinski definition) is 4. The Morgan fingerprint density at radius 2 is 1.73 bits per heavy atom. The molecule has 4 atom stereocenters. The third-order valence-corrected chi connectivity index (χ3v) is 7.86. The van der Waals surface area contributed by atoms with E-state index in [4.69, 9.17) is 4.42 Å². The number of nitrogens with zero attached hydrogens (tertiary/aromatic N) is 1. The number of allylic oxidation sites excluding steroid dienone is 2. The fourth-order valence-corrected chi connectivity index (χ4v) is 6.21. The molecule has 4 aliphatic rings. The fraction of sp³-hybridized carbons (Fsp3) is 0.667. The first-order valence-corrected chi connectivity index (χ1v) is 11.7. The minimum Gasteiger partial charge on any atom is -0.467 e. The van der Waals surface area contributed by atoms with Crippen LogP contribution in [0.4, 0.5) is 0 Å². The molecule has 3 aliphatic carbocycles. The lowest BCUT2D eigenvalue weighted by atomic mass is 9.81. The van der Waals surface area contributed by atoms with Crippen LogP contribution in [0, 0.1) is 29.1 Å². The van der Waals surface area contributed by atoms with Crippen LogP contribution in [-0.4, -0.2) is 42.9 Å². The Hall–Kier alpha value is -2.08. The number of likely N-dealkylation sites (tertiary alicyclic amines) is 1. The van der Waals surface area contributed by atoms with Gasteiger partial charge < -0.3 is 20.0 Å². The number of rotatable bonds is 9. The van der Waals surface area contributed by atoms with Crippen LogP contribution in [-0.2, 0) is 16.1 Å². The van der Waals surface area contributed by atoms with Gasteiger partial charge in [-0.2, -0.15) is 0 Å². The number of amides is 2. The van der Waals surface area contributed by atoms with Gasteiger partial charge in [-0.1, -0.05) is 12.2 Å². The maximum atomic E-state index is 13.2. The SMILES string of the molecule is O=C(NCCCCN1CCCC1)[C@H]1[C@H](C(=O)NCc2ccco2)[C@@H]2C=C[C@H]1C21CC1. The average Bonchev–Trinajstić information content (AvgIpc) is 3.15. The van der Waals surface area contributed by atoms with Crippen molar-refractivity contribution in [2.24, 2.45) is 29.1 Å². The highest BCUT2D eigenvalue weighted by Gasteiger charge is 2.69. The van der Waals surface area contributed by atoms with E-state index >= 15 is 0 Å². The predicted octanol–water partition coefficient (Wildman–Crippen LogP) is 2.72. The molecule has 1 spiro atoms. The van der Waals surface area contributed by atoms with Gasteiger partial charge in [-0.05, 0) is 87.5 Å². The maximum absolute atomic E-state index is 13.2. The molecular weight excluding hydrogens is 378 g/mol. The minimum absolute atomic E-state index is 0.0105. The van der Waals surface area contributed by atoms with Crippen LogP contribution in [0.1, 0.15) is 44.3 Å². The molecule has 1 saturated heterocycles. The standard InChI is InChI=1S/C24H33N3O3/c28-22(25-11-1-2-12-27-13-3-4-14-27)20-18-7-8-19(24(18)9-10-24)21(20)23(29)26-16-17-6-5-15-30-17/h5-8,15,18-21H,1-4,9-14,16H2,(H,25,28)(H,26,29)/t18-,19+,20-,21-/m1/s1.